The van der Waals surface area contributed by atoms with Crippen LogP contribution >= 0.6 is 27.5 Å². The van der Waals surface area contributed by atoms with Crippen molar-refractivity contribution in [2.45, 2.75) is 12.5 Å². The summed E-state index contributed by atoms with van der Waals surface area (Å²) in [7, 11) is -2.84. The molecule has 0 spiro atoms. The van der Waals surface area contributed by atoms with E-state index in [2.05, 4.69) is 21.2 Å². The van der Waals surface area contributed by atoms with E-state index < -0.39 is 9.84 Å². The molecule has 0 amide bonds. The molecule has 2 rings (SSSR count). The van der Waals surface area contributed by atoms with Crippen LogP contribution in [0.4, 0.5) is 5.69 Å². The molecule has 0 saturated carbocycles. The van der Waals surface area contributed by atoms with E-state index in [1.807, 2.05) is 6.07 Å². The van der Waals surface area contributed by atoms with Crippen molar-refractivity contribution < 1.29 is 8.42 Å². The normalized spacial score (nSPS) is 23.2. The number of nitrogens with one attached hydrogen (secondary N) is 1. The van der Waals surface area contributed by atoms with Crippen molar-refractivity contribution in [3.63, 3.8) is 0 Å². The molecular weight excluding hydrogens is 314 g/mol. The third kappa shape index (κ3) is 2.90. The van der Waals surface area contributed by atoms with Gasteiger partial charge in [-0.2, -0.15) is 0 Å². The molecule has 1 aliphatic heterocycles. The third-order valence-electron chi connectivity index (χ3n) is 2.52. The predicted octanol–water partition coefficient (Wildman–Crippen LogP) is 2.70. The van der Waals surface area contributed by atoms with Gasteiger partial charge in [0.2, 0.25) is 0 Å². The van der Waals surface area contributed by atoms with Crippen LogP contribution in [0.3, 0.4) is 0 Å². The molecule has 6 heteroatoms. The summed E-state index contributed by atoms with van der Waals surface area (Å²) in [4.78, 5) is 0. The lowest BCUT2D eigenvalue weighted by Crippen LogP contribution is -2.20. The van der Waals surface area contributed by atoms with E-state index in [0.29, 0.717) is 11.4 Å². The van der Waals surface area contributed by atoms with E-state index in [4.69, 9.17) is 11.6 Å². The van der Waals surface area contributed by atoms with Gasteiger partial charge in [0.25, 0.3) is 0 Å². The minimum atomic E-state index is -2.84. The summed E-state index contributed by atoms with van der Waals surface area (Å²) in [6, 6.07) is 5.41. The van der Waals surface area contributed by atoms with Gasteiger partial charge >= 0.3 is 0 Å². The van der Waals surface area contributed by atoms with Gasteiger partial charge in [0.15, 0.2) is 9.84 Å². The van der Waals surface area contributed by atoms with Crippen molar-refractivity contribution in [1.29, 1.82) is 0 Å². The zero-order valence-electron chi connectivity index (χ0n) is 8.41. The number of halogens is 2. The number of sulfone groups is 1. The molecule has 1 fully saturated rings. The van der Waals surface area contributed by atoms with Gasteiger partial charge in [0, 0.05) is 21.2 Å². The molecule has 3 nitrogen and oxygen atoms in total. The molecule has 16 heavy (non-hydrogen) atoms. The Morgan fingerprint density at radius 2 is 2.19 bits per heavy atom. The van der Waals surface area contributed by atoms with Gasteiger partial charge in [-0.15, -0.1) is 0 Å². The zero-order valence-corrected chi connectivity index (χ0v) is 11.6. The summed E-state index contributed by atoms with van der Waals surface area (Å²) >= 11 is 9.21. The minimum Gasteiger partial charge on any atom is -0.380 e. The second-order valence-corrected chi connectivity index (χ2v) is 7.39. The Hall–Kier alpha value is -0.260. The summed E-state index contributed by atoms with van der Waals surface area (Å²) in [6.45, 7) is 0. The first kappa shape index (κ1) is 12.2. The van der Waals surface area contributed by atoms with Gasteiger partial charge in [-0.05, 0) is 40.5 Å². The zero-order chi connectivity index (χ0) is 11.8. The van der Waals surface area contributed by atoms with Crippen LogP contribution in [0.1, 0.15) is 6.42 Å². The molecule has 1 aliphatic rings. The van der Waals surface area contributed by atoms with Crippen LogP contribution in [0.15, 0.2) is 22.7 Å². The standard InChI is InChI=1S/C10H11BrClNO2S/c11-9-5-7(12)1-2-10(9)13-8-3-4-16(14,15)6-8/h1-2,5,8,13H,3-4,6H2. The van der Waals surface area contributed by atoms with Gasteiger partial charge in [0.05, 0.1) is 11.5 Å². The van der Waals surface area contributed by atoms with E-state index in [0.717, 1.165) is 10.2 Å². The summed E-state index contributed by atoms with van der Waals surface area (Å²) in [5.74, 6) is 0.484. The van der Waals surface area contributed by atoms with Crippen molar-refractivity contribution in [3.8, 4) is 0 Å². The van der Waals surface area contributed by atoms with E-state index in [1.165, 1.54) is 0 Å². The average molecular weight is 325 g/mol. The smallest absolute Gasteiger partial charge is 0.152 e. The molecule has 1 unspecified atom stereocenters. The van der Waals surface area contributed by atoms with Gasteiger partial charge in [-0.3, -0.25) is 0 Å². The second kappa shape index (κ2) is 4.55. The molecule has 1 saturated heterocycles. The largest absolute Gasteiger partial charge is 0.380 e. The Bertz CT molecular complexity index is 504. The van der Waals surface area contributed by atoms with Gasteiger partial charge in [-0.25, -0.2) is 8.42 Å². The molecular formula is C10H11BrClNO2S. The van der Waals surface area contributed by atoms with Crippen molar-refractivity contribution in [3.05, 3.63) is 27.7 Å². The maximum absolute atomic E-state index is 11.3. The molecule has 0 bridgehead atoms. The van der Waals surface area contributed by atoms with Crippen LogP contribution in [0.5, 0.6) is 0 Å². The first-order chi connectivity index (χ1) is 7.46. The molecule has 1 N–H and O–H groups in total. The molecule has 1 aromatic rings. The van der Waals surface area contributed by atoms with Crippen LogP contribution < -0.4 is 5.32 Å². The average Bonchev–Trinajstić information content (AvgIpc) is 2.51. The SMILES string of the molecule is O=S1(=O)CCC(Nc2ccc(Cl)cc2Br)C1. The Morgan fingerprint density at radius 3 is 2.75 bits per heavy atom. The molecule has 0 aliphatic carbocycles. The van der Waals surface area contributed by atoms with Crippen molar-refractivity contribution >= 4 is 43.1 Å². The number of hydrogen-bond donors (Lipinski definition) is 1. The first-order valence-corrected chi connectivity index (χ1v) is 7.87. The Morgan fingerprint density at radius 1 is 1.44 bits per heavy atom. The van der Waals surface area contributed by atoms with Crippen molar-refractivity contribution in [2.24, 2.45) is 0 Å². The number of rotatable bonds is 2. The van der Waals surface area contributed by atoms with Crippen molar-refractivity contribution in [2.75, 3.05) is 16.8 Å². The minimum absolute atomic E-state index is 0.00229. The first-order valence-electron chi connectivity index (χ1n) is 4.88. The fraction of sp³-hybridized carbons (Fsp3) is 0.400. The highest BCUT2D eigenvalue weighted by Gasteiger charge is 2.27. The molecule has 1 atom stereocenters. The maximum atomic E-state index is 11.3. The third-order valence-corrected chi connectivity index (χ3v) is 5.18. The van der Waals surface area contributed by atoms with Crippen LogP contribution in [-0.4, -0.2) is 26.0 Å². The lowest BCUT2D eigenvalue weighted by atomic mass is 10.2. The highest BCUT2D eigenvalue weighted by molar-refractivity contribution is 9.10. The van der Waals surface area contributed by atoms with E-state index in [9.17, 15) is 8.42 Å². The summed E-state index contributed by atoms with van der Waals surface area (Å²) in [5.41, 5.74) is 0.881. The van der Waals surface area contributed by atoms with Gasteiger partial charge in [0.1, 0.15) is 0 Å². The van der Waals surface area contributed by atoms with Crippen molar-refractivity contribution in [1.82, 2.24) is 0 Å². The molecule has 0 aromatic heterocycles. The highest BCUT2D eigenvalue weighted by Crippen LogP contribution is 2.28. The Kier molecular flexibility index (Phi) is 3.47. The summed E-state index contributed by atoms with van der Waals surface area (Å²) in [5, 5.41) is 3.86. The molecule has 1 heterocycles. The Labute approximate surface area is 108 Å². The van der Waals surface area contributed by atoms with E-state index >= 15 is 0 Å². The lowest BCUT2D eigenvalue weighted by molar-refractivity contribution is 0.602. The molecule has 0 radical (unpaired) electrons. The van der Waals surface area contributed by atoms with Crippen LogP contribution in [0.25, 0.3) is 0 Å². The van der Waals surface area contributed by atoms with Gasteiger partial charge < -0.3 is 5.32 Å². The molecule has 88 valence electrons. The van der Waals surface area contributed by atoms with Crippen LogP contribution in [0.2, 0.25) is 5.02 Å². The predicted molar refractivity (Wildman–Crippen MR) is 69.8 cm³/mol. The van der Waals surface area contributed by atoms with E-state index in [-0.39, 0.29) is 17.5 Å². The maximum Gasteiger partial charge on any atom is 0.152 e. The quantitative estimate of drug-likeness (QED) is 0.910. The van der Waals surface area contributed by atoms with E-state index in [1.54, 1.807) is 12.1 Å². The fourth-order valence-corrected chi connectivity index (χ4v) is 4.21. The van der Waals surface area contributed by atoms with Crippen LogP contribution in [0, 0.1) is 0 Å². The second-order valence-electron chi connectivity index (χ2n) is 3.87. The highest BCUT2D eigenvalue weighted by atomic mass is 79.9. The summed E-state index contributed by atoms with van der Waals surface area (Å²) in [6.07, 6.45) is 0.664. The lowest BCUT2D eigenvalue weighted by Gasteiger charge is -2.13. The van der Waals surface area contributed by atoms with Crippen LogP contribution in [-0.2, 0) is 9.84 Å². The molecule has 1 aromatic carbocycles. The van der Waals surface area contributed by atoms with Gasteiger partial charge in [-0.1, -0.05) is 11.6 Å². The Balaban J connectivity index is 2.11. The summed E-state index contributed by atoms with van der Waals surface area (Å²) < 4.78 is 23.4. The monoisotopic (exact) mass is 323 g/mol. The number of anilines is 1. The number of benzene rings is 1. The number of hydrogen-bond acceptors (Lipinski definition) is 3. The topological polar surface area (TPSA) is 46.2 Å². The fourth-order valence-electron chi connectivity index (χ4n) is 1.74.